The first kappa shape index (κ1) is 36.2. The summed E-state index contributed by atoms with van der Waals surface area (Å²) >= 11 is 0. The minimum Gasteiger partial charge on any atom is -0.486 e. The van der Waals surface area contributed by atoms with E-state index in [0.29, 0.717) is 37.9 Å². The number of hydrogen-bond donors (Lipinski definition) is 3. The van der Waals surface area contributed by atoms with Crippen molar-refractivity contribution in [2.75, 3.05) is 53.1 Å². The fourth-order valence-corrected chi connectivity index (χ4v) is 6.56. The Bertz CT molecular complexity index is 1340. The summed E-state index contributed by atoms with van der Waals surface area (Å²) in [5.41, 5.74) is 3.51. The van der Waals surface area contributed by atoms with Crippen LogP contribution < -0.4 is 20.2 Å². The number of benzene rings is 2. The Labute approximate surface area is 267 Å². The lowest BCUT2D eigenvalue weighted by Gasteiger charge is -2.37. The Kier molecular flexibility index (Phi) is 14.1. The molecule has 0 aromatic heterocycles. The number of carbonyl (C=O) groups is 2. The van der Waals surface area contributed by atoms with Crippen LogP contribution in [0.4, 0.5) is 0 Å². The number of nitrogens with zero attached hydrogens (tertiary/aromatic N) is 2. The number of sulfonamides is 1. The quantitative estimate of drug-likeness (QED) is 0.174. The monoisotopic (exact) mass is 648 g/mol. The van der Waals surface area contributed by atoms with E-state index >= 15 is 0 Å². The Balaban J connectivity index is 1.96. The lowest BCUT2D eigenvalue weighted by molar-refractivity contribution is -0.148. The number of hydrogen-bond acceptors (Lipinski definition) is 9. The number of hydrazine groups is 1. The molecule has 1 aliphatic rings. The standard InChI is InChI=1S/C32H48N4O8S/c1-23(2)17-32(39)36(34-31(38)20-33-13-14-42-5)27(18-25-9-7-6-8-10-25)28(37)22-35(21-24(3)4)45(40,41)26-11-12-29-30(19-26)44-16-15-43-29/h6-12,19,23-24,27-28,33,37H,13-18,20-22H2,1-5H3,(H,34,38)/t27-,28+/m0/s1. The van der Waals surface area contributed by atoms with Crippen molar-refractivity contribution >= 4 is 21.8 Å². The van der Waals surface area contributed by atoms with Gasteiger partial charge in [-0.15, -0.1) is 0 Å². The maximum atomic E-state index is 14.0. The number of carbonyl (C=O) groups excluding carboxylic acids is 2. The van der Waals surface area contributed by atoms with Crippen LogP contribution in [0, 0.1) is 11.8 Å². The maximum absolute atomic E-state index is 14.0. The largest absolute Gasteiger partial charge is 0.486 e. The second kappa shape index (κ2) is 17.5. The van der Waals surface area contributed by atoms with Crippen LogP contribution in [-0.2, 0) is 30.8 Å². The fraction of sp³-hybridized carbons (Fsp3) is 0.562. The third-order valence-electron chi connectivity index (χ3n) is 7.04. The molecule has 2 aromatic rings. The Morgan fingerprint density at radius 3 is 2.31 bits per heavy atom. The molecule has 3 N–H and O–H groups in total. The summed E-state index contributed by atoms with van der Waals surface area (Å²) in [6, 6.07) is 12.7. The van der Waals surface area contributed by atoms with E-state index in [-0.39, 0.29) is 55.1 Å². The minimum absolute atomic E-state index is 0.00221. The van der Waals surface area contributed by atoms with Crippen molar-refractivity contribution in [1.29, 1.82) is 0 Å². The van der Waals surface area contributed by atoms with Crippen molar-refractivity contribution in [3.05, 3.63) is 54.1 Å². The molecule has 250 valence electrons. The van der Waals surface area contributed by atoms with E-state index in [9.17, 15) is 23.1 Å². The van der Waals surface area contributed by atoms with Crippen LogP contribution in [0.3, 0.4) is 0 Å². The van der Waals surface area contributed by atoms with Crippen molar-refractivity contribution in [3.63, 3.8) is 0 Å². The summed E-state index contributed by atoms with van der Waals surface area (Å²) in [5, 5.41) is 16.0. The van der Waals surface area contributed by atoms with Crippen LogP contribution in [0.25, 0.3) is 0 Å². The van der Waals surface area contributed by atoms with Gasteiger partial charge in [0.25, 0.3) is 5.91 Å². The molecule has 2 atom stereocenters. The number of fused-ring (bicyclic) bond motifs is 1. The summed E-state index contributed by atoms with van der Waals surface area (Å²) in [7, 11) is -2.56. The molecule has 3 rings (SSSR count). The van der Waals surface area contributed by atoms with Crippen molar-refractivity contribution in [3.8, 4) is 11.5 Å². The summed E-state index contributed by atoms with van der Waals surface area (Å²) in [4.78, 5) is 26.6. The number of nitrogens with one attached hydrogen (secondary N) is 2. The average Bonchev–Trinajstić information content (AvgIpc) is 3.00. The van der Waals surface area contributed by atoms with Crippen LogP contribution in [0.1, 0.15) is 39.7 Å². The van der Waals surface area contributed by atoms with Crippen molar-refractivity contribution in [2.45, 2.75) is 57.6 Å². The van der Waals surface area contributed by atoms with Gasteiger partial charge in [-0.2, -0.15) is 4.31 Å². The first-order valence-corrected chi connectivity index (χ1v) is 16.8. The van der Waals surface area contributed by atoms with E-state index < -0.39 is 28.1 Å². The molecule has 12 nitrogen and oxygen atoms in total. The molecule has 0 radical (unpaired) electrons. The Hall–Kier alpha value is -3.23. The van der Waals surface area contributed by atoms with E-state index in [4.69, 9.17) is 14.2 Å². The molecule has 0 aliphatic carbocycles. The van der Waals surface area contributed by atoms with Gasteiger partial charge in [-0.1, -0.05) is 58.0 Å². The summed E-state index contributed by atoms with van der Waals surface area (Å²) in [5.74, 6) is -0.170. The zero-order valence-electron chi connectivity index (χ0n) is 26.9. The van der Waals surface area contributed by atoms with Gasteiger partial charge in [0, 0.05) is 39.2 Å². The summed E-state index contributed by atoms with van der Waals surface area (Å²) in [6.45, 7) is 8.77. The van der Waals surface area contributed by atoms with E-state index in [1.165, 1.54) is 21.4 Å². The van der Waals surface area contributed by atoms with Crippen LogP contribution in [0.2, 0.25) is 0 Å². The van der Waals surface area contributed by atoms with Crippen molar-refractivity contribution in [2.24, 2.45) is 11.8 Å². The number of ether oxygens (including phenoxy) is 3. The zero-order chi connectivity index (χ0) is 33.0. The number of aliphatic hydroxyl groups excluding tert-OH is 1. The van der Waals surface area contributed by atoms with Gasteiger partial charge in [-0.3, -0.25) is 15.0 Å². The van der Waals surface area contributed by atoms with Gasteiger partial charge in [0.05, 0.1) is 30.2 Å². The highest BCUT2D eigenvalue weighted by Crippen LogP contribution is 2.33. The molecule has 1 heterocycles. The molecular weight excluding hydrogens is 600 g/mol. The average molecular weight is 649 g/mol. The molecule has 0 saturated carbocycles. The van der Waals surface area contributed by atoms with Crippen LogP contribution in [0.5, 0.6) is 11.5 Å². The lowest BCUT2D eigenvalue weighted by atomic mass is 9.99. The van der Waals surface area contributed by atoms with E-state index in [0.717, 1.165) is 5.56 Å². The van der Waals surface area contributed by atoms with E-state index in [2.05, 4.69) is 10.7 Å². The molecular formula is C32H48N4O8S. The lowest BCUT2D eigenvalue weighted by Crippen LogP contribution is -2.60. The Morgan fingerprint density at radius 1 is 0.978 bits per heavy atom. The molecule has 2 aromatic carbocycles. The van der Waals surface area contributed by atoms with Gasteiger partial charge in [0.15, 0.2) is 11.5 Å². The molecule has 2 amide bonds. The fourth-order valence-electron chi connectivity index (χ4n) is 4.92. The molecule has 0 bridgehead atoms. The van der Waals surface area contributed by atoms with E-state index in [1.807, 2.05) is 58.0 Å². The number of amides is 2. The van der Waals surface area contributed by atoms with Crippen molar-refractivity contribution < 1.29 is 37.3 Å². The second-order valence-electron chi connectivity index (χ2n) is 11.9. The molecule has 45 heavy (non-hydrogen) atoms. The molecule has 0 spiro atoms. The number of methoxy groups -OCH3 is 1. The number of aliphatic hydroxyl groups is 1. The summed E-state index contributed by atoms with van der Waals surface area (Å²) in [6.07, 6.45) is -1.09. The third kappa shape index (κ3) is 11.0. The Morgan fingerprint density at radius 2 is 1.67 bits per heavy atom. The zero-order valence-corrected chi connectivity index (χ0v) is 27.7. The van der Waals surface area contributed by atoms with Crippen LogP contribution in [0.15, 0.2) is 53.4 Å². The predicted molar refractivity (Wildman–Crippen MR) is 170 cm³/mol. The predicted octanol–water partition coefficient (Wildman–Crippen LogP) is 2.22. The van der Waals surface area contributed by atoms with Gasteiger partial charge < -0.3 is 24.6 Å². The third-order valence-corrected chi connectivity index (χ3v) is 8.87. The van der Waals surface area contributed by atoms with Gasteiger partial charge in [0.1, 0.15) is 13.2 Å². The first-order chi connectivity index (χ1) is 21.4. The van der Waals surface area contributed by atoms with Gasteiger partial charge in [-0.05, 0) is 36.0 Å². The highest BCUT2D eigenvalue weighted by atomic mass is 32.2. The molecule has 13 heteroatoms. The van der Waals surface area contributed by atoms with E-state index in [1.54, 1.807) is 13.2 Å². The van der Waals surface area contributed by atoms with Crippen LogP contribution >= 0.6 is 0 Å². The van der Waals surface area contributed by atoms with Crippen molar-refractivity contribution in [1.82, 2.24) is 20.1 Å². The highest BCUT2D eigenvalue weighted by Gasteiger charge is 2.36. The number of rotatable bonds is 17. The van der Waals surface area contributed by atoms with Gasteiger partial charge in [0.2, 0.25) is 15.9 Å². The normalized spacial score (nSPS) is 14.4. The second-order valence-corrected chi connectivity index (χ2v) is 13.8. The van der Waals surface area contributed by atoms with Crippen LogP contribution in [-0.4, -0.2) is 99.9 Å². The van der Waals surface area contributed by atoms with Gasteiger partial charge in [-0.25, -0.2) is 13.4 Å². The molecule has 1 aliphatic heterocycles. The molecule has 0 saturated heterocycles. The highest BCUT2D eigenvalue weighted by molar-refractivity contribution is 7.89. The first-order valence-electron chi connectivity index (χ1n) is 15.3. The topological polar surface area (TPSA) is 147 Å². The smallest absolute Gasteiger partial charge is 0.252 e. The van der Waals surface area contributed by atoms with Gasteiger partial charge >= 0.3 is 0 Å². The minimum atomic E-state index is -4.11. The maximum Gasteiger partial charge on any atom is 0.252 e. The SMILES string of the molecule is COCCNCC(=O)NN(C(=O)CC(C)C)[C@@H](Cc1ccccc1)[C@H](O)CN(CC(C)C)S(=O)(=O)c1ccc2c(c1)OCCO2. The molecule has 0 fully saturated rings. The summed E-state index contributed by atoms with van der Waals surface area (Å²) < 4.78 is 45.5. The molecule has 0 unspecified atom stereocenters.